The smallest absolute Gasteiger partial charge is 0.303 e. The Hall–Kier alpha value is -2.86. The molecule has 3 unspecified atom stereocenters. The highest BCUT2D eigenvalue weighted by molar-refractivity contribution is 7.13. The molecule has 11 heteroatoms. The molecular formula is C32H48N4O6S. The van der Waals surface area contributed by atoms with Gasteiger partial charge in [0.1, 0.15) is 12.3 Å². The van der Waals surface area contributed by atoms with Crippen LogP contribution in [0.15, 0.2) is 29.8 Å². The standard InChI is InChI=1S/C32H48N4O6S/c1-21-28(43-20-34-21)23-15-13-22(14-16-23)18-33-30(41)25-17-24(37)19-36(25)31(42)29(32(2,3)4)35-26(38)11-9-7-5-6-8-10-12-27(39)40/h13-16,20,24-25,29-30,33,37,41H,5-12,17-19H2,1-4H3,(H,35,38)(H,39,40)/t24-,25?,29?,30?/m1/s1. The minimum absolute atomic E-state index is 0.0927. The molecule has 1 aromatic carbocycles. The molecule has 1 aliphatic heterocycles. The summed E-state index contributed by atoms with van der Waals surface area (Å²) in [5, 5.41) is 36.3. The second kappa shape index (κ2) is 16.3. The van der Waals surface area contributed by atoms with Crippen LogP contribution in [0.3, 0.4) is 0 Å². The molecule has 4 atom stereocenters. The summed E-state index contributed by atoms with van der Waals surface area (Å²) < 4.78 is 0. The minimum Gasteiger partial charge on any atom is -0.481 e. The molecule has 1 saturated heterocycles. The van der Waals surface area contributed by atoms with E-state index >= 15 is 0 Å². The van der Waals surface area contributed by atoms with E-state index in [4.69, 9.17) is 5.11 Å². The second-order valence-electron chi connectivity index (χ2n) is 12.6. The maximum atomic E-state index is 13.8. The molecule has 0 saturated carbocycles. The van der Waals surface area contributed by atoms with Gasteiger partial charge < -0.3 is 25.5 Å². The van der Waals surface area contributed by atoms with Crippen LogP contribution < -0.4 is 10.6 Å². The molecule has 0 bridgehead atoms. The lowest BCUT2D eigenvalue weighted by Gasteiger charge is -2.37. The average molecular weight is 617 g/mol. The number of aryl methyl sites for hydroxylation is 1. The van der Waals surface area contributed by atoms with Crippen LogP contribution in [0.1, 0.15) is 89.8 Å². The molecule has 0 aliphatic carbocycles. The van der Waals surface area contributed by atoms with Crippen molar-refractivity contribution >= 4 is 29.1 Å². The third-order valence-corrected chi connectivity index (χ3v) is 8.89. The fourth-order valence-electron chi connectivity index (χ4n) is 5.42. The van der Waals surface area contributed by atoms with Crippen molar-refractivity contribution in [3.8, 4) is 10.4 Å². The zero-order valence-electron chi connectivity index (χ0n) is 25.8. The van der Waals surface area contributed by atoms with Gasteiger partial charge >= 0.3 is 5.97 Å². The number of carbonyl (C=O) groups is 3. The normalized spacial score (nSPS) is 18.4. The summed E-state index contributed by atoms with van der Waals surface area (Å²) in [4.78, 5) is 44.1. The molecule has 43 heavy (non-hydrogen) atoms. The lowest BCUT2D eigenvalue weighted by Crippen LogP contribution is -2.58. The Morgan fingerprint density at radius 1 is 1.05 bits per heavy atom. The molecule has 0 spiro atoms. The van der Waals surface area contributed by atoms with Crippen molar-refractivity contribution in [2.24, 2.45) is 5.41 Å². The highest BCUT2D eigenvalue weighted by atomic mass is 32.1. The predicted octanol–water partition coefficient (Wildman–Crippen LogP) is 4.22. The lowest BCUT2D eigenvalue weighted by molar-refractivity contribution is -0.142. The molecule has 1 aromatic heterocycles. The van der Waals surface area contributed by atoms with Gasteiger partial charge in [-0.1, -0.05) is 70.7 Å². The largest absolute Gasteiger partial charge is 0.481 e. The zero-order valence-corrected chi connectivity index (χ0v) is 26.7. The van der Waals surface area contributed by atoms with Gasteiger partial charge in [0.25, 0.3) is 0 Å². The van der Waals surface area contributed by atoms with E-state index in [1.807, 2.05) is 57.5 Å². The number of aromatic nitrogens is 1. The Morgan fingerprint density at radius 3 is 2.26 bits per heavy atom. The van der Waals surface area contributed by atoms with Gasteiger partial charge in [0.15, 0.2) is 0 Å². The molecule has 2 aromatic rings. The van der Waals surface area contributed by atoms with Crippen molar-refractivity contribution < 1.29 is 29.7 Å². The van der Waals surface area contributed by atoms with Gasteiger partial charge in [-0.05, 0) is 42.7 Å². The third kappa shape index (κ3) is 10.7. The molecular weight excluding hydrogens is 568 g/mol. The van der Waals surface area contributed by atoms with Crippen LogP contribution in [0.25, 0.3) is 10.4 Å². The average Bonchev–Trinajstić information content (AvgIpc) is 3.56. The summed E-state index contributed by atoms with van der Waals surface area (Å²) >= 11 is 1.59. The summed E-state index contributed by atoms with van der Waals surface area (Å²) in [6.45, 7) is 8.13. The van der Waals surface area contributed by atoms with Crippen LogP contribution in [0.4, 0.5) is 0 Å². The number of rotatable bonds is 16. The van der Waals surface area contributed by atoms with E-state index in [1.165, 1.54) is 4.90 Å². The summed E-state index contributed by atoms with van der Waals surface area (Å²) in [5.74, 6) is -1.29. The molecule has 1 fully saturated rings. The number of hydrogen-bond acceptors (Lipinski definition) is 8. The van der Waals surface area contributed by atoms with Gasteiger partial charge in [0.05, 0.1) is 28.2 Å². The molecule has 2 heterocycles. The highest BCUT2D eigenvalue weighted by Gasteiger charge is 2.44. The quantitative estimate of drug-likeness (QED) is 0.139. The second-order valence-corrected chi connectivity index (χ2v) is 13.5. The predicted molar refractivity (Wildman–Crippen MR) is 167 cm³/mol. The number of carboxylic acids is 1. The molecule has 1 aliphatic rings. The van der Waals surface area contributed by atoms with Crippen LogP contribution in [-0.2, 0) is 20.9 Å². The minimum atomic E-state index is -1.06. The number of likely N-dealkylation sites (tertiary alicyclic amines) is 1. The number of nitrogens with one attached hydrogen (secondary N) is 2. The Labute approximate surface area is 258 Å². The van der Waals surface area contributed by atoms with Crippen LogP contribution >= 0.6 is 11.3 Å². The summed E-state index contributed by atoms with van der Waals surface area (Å²) in [6, 6.07) is 6.59. The molecule has 0 radical (unpaired) electrons. The Balaban J connectivity index is 1.52. The third-order valence-electron chi connectivity index (χ3n) is 7.91. The number of benzene rings is 1. The maximum absolute atomic E-state index is 13.8. The molecule has 3 rings (SSSR count). The number of unbranched alkanes of at least 4 members (excludes halogenated alkanes) is 5. The van der Waals surface area contributed by atoms with E-state index in [0.29, 0.717) is 25.8 Å². The van der Waals surface area contributed by atoms with Gasteiger partial charge in [-0.2, -0.15) is 0 Å². The lowest BCUT2D eigenvalue weighted by atomic mass is 9.85. The first-order valence-electron chi connectivity index (χ1n) is 15.3. The number of hydrogen-bond donors (Lipinski definition) is 5. The summed E-state index contributed by atoms with van der Waals surface area (Å²) in [7, 11) is 0. The number of thiazole rings is 1. The van der Waals surface area contributed by atoms with Crippen molar-refractivity contribution in [2.75, 3.05) is 6.54 Å². The number of carboxylic acid groups (broad SMARTS) is 1. The number of nitrogens with zero attached hydrogens (tertiary/aromatic N) is 2. The monoisotopic (exact) mass is 616 g/mol. The van der Waals surface area contributed by atoms with E-state index in [9.17, 15) is 24.6 Å². The summed E-state index contributed by atoms with van der Waals surface area (Å²) in [5.41, 5.74) is 4.30. The van der Waals surface area contributed by atoms with Crippen LogP contribution in [0.2, 0.25) is 0 Å². The first-order valence-corrected chi connectivity index (χ1v) is 16.2. The van der Waals surface area contributed by atoms with Crippen LogP contribution in [0, 0.1) is 12.3 Å². The zero-order chi connectivity index (χ0) is 31.6. The SMILES string of the molecule is Cc1ncsc1-c1ccc(CNC(O)C2C[C@@H](O)CN2C(=O)C(NC(=O)CCCCCCCCC(=O)O)C(C)(C)C)cc1. The van der Waals surface area contributed by atoms with Crippen molar-refractivity contribution in [3.63, 3.8) is 0 Å². The van der Waals surface area contributed by atoms with Crippen molar-refractivity contribution in [3.05, 3.63) is 41.0 Å². The Morgan fingerprint density at radius 2 is 1.67 bits per heavy atom. The van der Waals surface area contributed by atoms with Gasteiger partial charge in [-0.3, -0.25) is 19.7 Å². The Kier molecular flexibility index (Phi) is 13.1. The van der Waals surface area contributed by atoms with Crippen molar-refractivity contribution in [1.29, 1.82) is 0 Å². The fourth-order valence-corrected chi connectivity index (χ4v) is 6.24. The number of carbonyl (C=O) groups excluding carboxylic acids is 2. The van der Waals surface area contributed by atoms with E-state index in [0.717, 1.165) is 47.4 Å². The molecule has 238 valence electrons. The Bertz CT molecular complexity index is 1200. The number of β-amino-alcohol motifs (C(OH)–C–C–N with tert-alkyl or cyclic N) is 1. The van der Waals surface area contributed by atoms with Crippen LogP contribution in [-0.4, -0.2) is 73.9 Å². The fraction of sp³-hybridized carbons (Fsp3) is 0.625. The number of aliphatic hydroxyl groups excluding tert-OH is 2. The first kappa shape index (κ1) is 34.6. The van der Waals surface area contributed by atoms with Gasteiger partial charge in [0, 0.05) is 25.9 Å². The van der Waals surface area contributed by atoms with E-state index in [1.54, 1.807) is 11.3 Å². The van der Waals surface area contributed by atoms with E-state index < -0.39 is 35.8 Å². The number of aliphatic hydroxyl groups is 2. The van der Waals surface area contributed by atoms with Crippen LogP contribution in [0.5, 0.6) is 0 Å². The number of amides is 2. The summed E-state index contributed by atoms with van der Waals surface area (Å²) in [6.07, 6.45) is 3.85. The van der Waals surface area contributed by atoms with Gasteiger partial charge in [-0.25, -0.2) is 4.98 Å². The molecule has 5 N–H and O–H groups in total. The topological polar surface area (TPSA) is 152 Å². The van der Waals surface area contributed by atoms with Crippen molar-refractivity contribution in [2.45, 2.75) is 116 Å². The number of aliphatic carboxylic acids is 1. The molecule has 10 nitrogen and oxygen atoms in total. The van der Waals surface area contributed by atoms with Gasteiger partial charge in [0.2, 0.25) is 11.8 Å². The maximum Gasteiger partial charge on any atom is 0.303 e. The van der Waals surface area contributed by atoms with Gasteiger partial charge in [-0.15, -0.1) is 11.3 Å². The van der Waals surface area contributed by atoms with E-state index in [-0.39, 0.29) is 31.2 Å². The first-order chi connectivity index (χ1) is 20.4. The molecule has 2 amide bonds. The van der Waals surface area contributed by atoms with E-state index in [2.05, 4.69) is 15.6 Å². The highest BCUT2D eigenvalue weighted by Crippen LogP contribution is 2.29. The van der Waals surface area contributed by atoms with Crippen molar-refractivity contribution in [1.82, 2.24) is 20.5 Å².